The fourth-order valence-electron chi connectivity index (χ4n) is 5.54. The lowest BCUT2D eigenvalue weighted by Gasteiger charge is -2.49. The molecule has 0 aromatic heterocycles. The fraction of sp³-hybridized carbons (Fsp3) is 0.500. The lowest BCUT2D eigenvalue weighted by molar-refractivity contribution is -0.132. The van der Waals surface area contributed by atoms with Crippen LogP contribution in [0.15, 0.2) is 24.3 Å². The minimum absolute atomic E-state index is 0.143. The van der Waals surface area contributed by atoms with Crippen LogP contribution in [-0.2, 0) is 0 Å². The Morgan fingerprint density at radius 3 is 2.37 bits per heavy atom. The average Bonchev–Trinajstić information content (AvgIpc) is 2.95. The molecule has 2 fully saturated rings. The second-order valence-corrected chi connectivity index (χ2v) is 8.06. The minimum Gasteiger partial charge on any atom is -0.504 e. The Labute approximate surface area is 155 Å². The molecule has 0 saturated heterocycles. The molecule has 8 atom stereocenters. The normalized spacial score (nSPS) is 40.1. The van der Waals surface area contributed by atoms with E-state index < -0.39 is 36.3 Å². The van der Waals surface area contributed by atoms with Gasteiger partial charge in [0, 0.05) is 28.7 Å². The summed E-state index contributed by atoms with van der Waals surface area (Å²) >= 11 is 0. The van der Waals surface area contributed by atoms with Crippen LogP contribution in [0, 0.1) is 17.8 Å². The third-order valence-electron chi connectivity index (χ3n) is 6.80. The van der Waals surface area contributed by atoms with Gasteiger partial charge in [-0.15, -0.1) is 0 Å². The van der Waals surface area contributed by atoms with Gasteiger partial charge in [-0.1, -0.05) is 12.1 Å². The van der Waals surface area contributed by atoms with E-state index in [1.807, 2.05) is 6.07 Å². The first-order valence-corrected chi connectivity index (χ1v) is 9.22. The molecule has 3 aliphatic rings. The van der Waals surface area contributed by atoms with Gasteiger partial charge in [-0.25, -0.2) is 0 Å². The third kappa shape index (κ3) is 2.23. The lowest BCUT2D eigenvalue weighted by atomic mass is 9.62. The molecule has 7 nitrogen and oxygen atoms in total. The van der Waals surface area contributed by atoms with E-state index >= 15 is 0 Å². The fourth-order valence-corrected chi connectivity index (χ4v) is 5.54. The van der Waals surface area contributed by atoms with E-state index in [-0.39, 0.29) is 29.9 Å². The lowest BCUT2D eigenvalue weighted by Crippen LogP contribution is -2.55. The SMILES string of the molecule is Oc1cc2ccc3c(c2cc1O)OCC1C2C[C@@H](O)[C@@H](O)C2[C@@H](O)[C@@H](O)C31. The van der Waals surface area contributed by atoms with Crippen molar-refractivity contribution >= 4 is 10.8 Å². The minimum atomic E-state index is -1.14. The highest BCUT2D eigenvalue weighted by Gasteiger charge is 2.58. The van der Waals surface area contributed by atoms with Crippen LogP contribution in [0.4, 0.5) is 0 Å². The van der Waals surface area contributed by atoms with E-state index in [4.69, 9.17) is 4.74 Å². The van der Waals surface area contributed by atoms with Crippen molar-refractivity contribution < 1.29 is 35.4 Å². The highest BCUT2D eigenvalue weighted by molar-refractivity contribution is 5.92. The Morgan fingerprint density at radius 2 is 1.59 bits per heavy atom. The first-order chi connectivity index (χ1) is 12.9. The largest absolute Gasteiger partial charge is 0.504 e. The first-order valence-electron chi connectivity index (χ1n) is 9.22. The summed E-state index contributed by atoms with van der Waals surface area (Å²) in [6.45, 7) is 0.281. The molecule has 1 heterocycles. The molecule has 2 aromatic carbocycles. The van der Waals surface area contributed by atoms with Crippen molar-refractivity contribution in [1.29, 1.82) is 0 Å². The van der Waals surface area contributed by atoms with E-state index in [9.17, 15) is 30.6 Å². The Bertz CT molecular complexity index is 913. The number of hydrogen-bond donors (Lipinski definition) is 6. The molecular formula is C20H22O7. The van der Waals surface area contributed by atoms with Crippen LogP contribution in [0.3, 0.4) is 0 Å². The number of fused-ring (bicyclic) bond motifs is 7. The van der Waals surface area contributed by atoms with Gasteiger partial charge < -0.3 is 35.4 Å². The van der Waals surface area contributed by atoms with Gasteiger partial charge in [-0.2, -0.15) is 0 Å². The summed E-state index contributed by atoms with van der Waals surface area (Å²) in [4.78, 5) is 0. The summed E-state index contributed by atoms with van der Waals surface area (Å²) in [5.41, 5.74) is 0.727. The number of aliphatic hydroxyl groups is 4. The van der Waals surface area contributed by atoms with Crippen LogP contribution >= 0.6 is 0 Å². The van der Waals surface area contributed by atoms with Crippen molar-refractivity contribution in [3.63, 3.8) is 0 Å². The summed E-state index contributed by atoms with van der Waals surface area (Å²) in [5.74, 6) is -1.24. The van der Waals surface area contributed by atoms with E-state index in [0.29, 0.717) is 22.9 Å². The molecule has 6 N–H and O–H groups in total. The summed E-state index contributed by atoms with van der Waals surface area (Å²) in [6, 6.07) is 6.47. The zero-order valence-electron chi connectivity index (χ0n) is 14.4. The highest BCUT2D eigenvalue weighted by Crippen LogP contribution is 2.55. The van der Waals surface area contributed by atoms with Crippen LogP contribution < -0.4 is 4.74 Å². The van der Waals surface area contributed by atoms with Gasteiger partial charge >= 0.3 is 0 Å². The molecule has 144 valence electrons. The molecule has 7 heteroatoms. The van der Waals surface area contributed by atoms with Gasteiger partial charge in [0.1, 0.15) is 5.75 Å². The molecule has 5 rings (SSSR count). The molecule has 1 aliphatic heterocycles. The van der Waals surface area contributed by atoms with Gasteiger partial charge in [0.25, 0.3) is 0 Å². The van der Waals surface area contributed by atoms with Crippen LogP contribution in [-0.4, -0.2) is 61.7 Å². The van der Waals surface area contributed by atoms with Crippen molar-refractivity contribution in [3.05, 3.63) is 29.8 Å². The Morgan fingerprint density at radius 1 is 0.852 bits per heavy atom. The summed E-state index contributed by atoms with van der Waals surface area (Å²) < 4.78 is 6.01. The summed E-state index contributed by atoms with van der Waals surface area (Å²) in [7, 11) is 0. The standard InChI is InChI=1S/C20H22O7/c21-12-3-7-1-2-8-15-11(6-27-20(8)9(7)4-13(12)22)10-5-14(23)17(24)16(10)19(26)18(15)25/h1-4,10-11,14-19,21-26H,5-6H2/t10?,11?,14-,15?,16?,17-,18+,19-/m1/s1. The Hall–Kier alpha value is -2.06. The van der Waals surface area contributed by atoms with Crippen molar-refractivity contribution in [2.24, 2.45) is 17.8 Å². The van der Waals surface area contributed by atoms with Gasteiger partial charge in [-0.3, -0.25) is 0 Å². The van der Waals surface area contributed by atoms with Crippen molar-refractivity contribution in [2.75, 3.05) is 6.61 Å². The molecule has 0 bridgehead atoms. The van der Waals surface area contributed by atoms with E-state index in [0.717, 1.165) is 5.56 Å². The highest BCUT2D eigenvalue weighted by atomic mass is 16.5. The molecular weight excluding hydrogens is 352 g/mol. The molecule has 0 radical (unpaired) electrons. The molecule has 27 heavy (non-hydrogen) atoms. The maximum Gasteiger partial charge on any atom is 0.158 e. The molecule has 2 aliphatic carbocycles. The zero-order valence-corrected chi connectivity index (χ0v) is 14.4. The number of hydrogen-bond acceptors (Lipinski definition) is 7. The smallest absolute Gasteiger partial charge is 0.158 e. The predicted molar refractivity (Wildman–Crippen MR) is 94.6 cm³/mol. The Balaban J connectivity index is 1.64. The van der Waals surface area contributed by atoms with Crippen LogP contribution in [0.1, 0.15) is 17.9 Å². The predicted octanol–water partition coefficient (Wildman–Crippen LogP) is 0.436. The summed E-state index contributed by atoms with van der Waals surface area (Å²) in [6.07, 6.45) is -3.85. The second-order valence-electron chi connectivity index (χ2n) is 8.06. The molecule has 2 saturated carbocycles. The quantitative estimate of drug-likeness (QED) is 0.369. The zero-order chi connectivity index (χ0) is 19.0. The van der Waals surface area contributed by atoms with Gasteiger partial charge in [0.2, 0.25) is 0 Å². The van der Waals surface area contributed by atoms with Gasteiger partial charge in [-0.05, 0) is 29.9 Å². The first kappa shape index (κ1) is 17.1. The monoisotopic (exact) mass is 374 g/mol. The summed E-state index contributed by atoms with van der Waals surface area (Å²) in [5, 5.41) is 62.8. The number of ether oxygens (including phenoxy) is 1. The molecule has 4 unspecified atom stereocenters. The molecule has 2 aromatic rings. The van der Waals surface area contributed by atoms with Crippen LogP contribution in [0.25, 0.3) is 10.8 Å². The maximum atomic E-state index is 10.9. The van der Waals surface area contributed by atoms with E-state index in [1.54, 1.807) is 6.07 Å². The number of phenolic OH excluding ortho intramolecular Hbond substituents is 2. The second kappa shape index (κ2) is 5.72. The van der Waals surface area contributed by atoms with Crippen molar-refractivity contribution in [1.82, 2.24) is 0 Å². The van der Waals surface area contributed by atoms with Gasteiger partial charge in [0.15, 0.2) is 11.5 Å². The topological polar surface area (TPSA) is 131 Å². The number of aromatic hydroxyl groups is 2. The van der Waals surface area contributed by atoms with E-state index in [1.165, 1.54) is 12.1 Å². The van der Waals surface area contributed by atoms with Crippen LogP contribution in [0.5, 0.6) is 17.2 Å². The van der Waals surface area contributed by atoms with Crippen molar-refractivity contribution in [2.45, 2.75) is 36.8 Å². The average molecular weight is 374 g/mol. The molecule has 0 amide bonds. The van der Waals surface area contributed by atoms with E-state index in [2.05, 4.69) is 0 Å². The number of phenols is 2. The Kier molecular flexibility index (Phi) is 3.61. The number of benzene rings is 2. The van der Waals surface area contributed by atoms with Crippen molar-refractivity contribution in [3.8, 4) is 17.2 Å². The van der Waals surface area contributed by atoms with Gasteiger partial charge in [0.05, 0.1) is 31.0 Å². The maximum absolute atomic E-state index is 10.9. The molecule has 0 spiro atoms. The number of rotatable bonds is 0. The number of aliphatic hydroxyl groups excluding tert-OH is 4. The third-order valence-corrected chi connectivity index (χ3v) is 6.80. The van der Waals surface area contributed by atoms with Crippen LogP contribution in [0.2, 0.25) is 0 Å².